The predicted octanol–water partition coefficient (Wildman–Crippen LogP) is 4.94. The van der Waals surface area contributed by atoms with E-state index in [4.69, 9.17) is 4.74 Å². The van der Waals surface area contributed by atoms with E-state index in [-0.39, 0.29) is 17.2 Å². The van der Waals surface area contributed by atoms with Gasteiger partial charge in [0.1, 0.15) is 23.1 Å². The second kappa shape index (κ2) is 9.24. The summed E-state index contributed by atoms with van der Waals surface area (Å²) in [5, 5.41) is 11.2. The lowest BCUT2D eigenvalue weighted by Crippen LogP contribution is -2.30. The fraction of sp³-hybridized carbons (Fsp3) is 0.192. The van der Waals surface area contributed by atoms with Gasteiger partial charge in [-0.05, 0) is 66.9 Å². The van der Waals surface area contributed by atoms with E-state index in [0.29, 0.717) is 23.5 Å². The Labute approximate surface area is 191 Å². The van der Waals surface area contributed by atoms with Crippen LogP contribution < -0.4 is 9.64 Å². The lowest BCUT2D eigenvalue weighted by molar-refractivity contribution is -0.132. The summed E-state index contributed by atoms with van der Waals surface area (Å²) in [6.45, 7) is 4.41. The number of aromatic nitrogens is 1. The smallest absolute Gasteiger partial charge is 0.301 e. The molecule has 0 bridgehead atoms. The van der Waals surface area contributed by atoms with Crippen molar-refractivity contribution in [3.05, 3.63) is 94.9 Å². The van der Waals surface area contributed by atoms with Crippen LogP contribution in [0, 0.1) is 12.7 Å². The normalized spacial score (nSPS) is 17.4. The molecule has 2 heterocycles. The topological polar surface area (TPSA) is 79.7 Å². The van der Waals surface area contributed by atoms with Crippen LogP contribution in [0.1, 0.15) is 36.1 Å². The Bertz CT molecular complexity index is 1220. The molecular weight excluding hydrogens is 423 g/mol. The molecule has 1 aromatic heterocycles. The van der Waals surface area contributed by atoms with E-state index in [1.54, 1.807) is 36.4 Å². The van der Waals surface area contributed by atoms with Crippen molar-refractivity contribution in [2.75, 3.05) is 11.5 Å². The number of amides is 1. The molecule has 1 N–H and O–H groups in total. The average molecular weight is 446 g/mol. The Balaban J connectivity index is 1.86. The van der Waals surface area contributed by atoms with Gasteiger partial charge in [-0.15, -0.1) is 0 Å². The van der Waals surface area contributed by atoms with Gasteiger partial charge in [-0.3, -0.25) is 14.5 Å². The van der Waals surface area contributed by atoms with E-state index in [0.717, 1.165) is 12.0 Å². The molecule has 1 saturated heterocycles. The predicted molar refractivity (Wildman–Crippen MR) is 122 cm³/mol. The lowest BCUT2D eigenvalue weighted by Gasteiger charge is -2.24. The molecule has 1 aliphatic rings. The highest BCUT2D eigenvalue weighted by Crippen LogP contribution is 2.41. The number of Topliss-reactive ketones (excluding diaryl/α,β-unsaturated/α-hetero) is 1. The maximum atomic E-state index is 13.6. The molecule has 1 unspecified atom stereocenters. The minimum atomic E-state index is -0.961. The molecule has 168 valence electrons. The van der Waals surface area contributed by atoms with E-state index >= 15 is 0 Å². The summed E-state index contributed by atoms with van der Waals surface area (Å²) in [6, 6.07) is 14.6. The summed E-state index contributed by atoms with van der Waals surface area (Å²) in [7, 11) is 0. The standard InChI is InChI=1S/C26H23FN2O4/c1-3-14-33-20-12-9-18(15-16(20)2)24(30)22-23(17-7-10-19(27)11-8-17)29(26(32)25(22)31)21-6-4-5-13-28-21/h4-13,15,23,30H,3,14H2,1-2H3/b24-22-. The van der Waals surface area contributed by atoms with E-state index in [1.807, 2.05) is 13.8 Å². The molecule has 0 aliphatic carbocycles. The zero-order valence-electron chi connectivity index (χ0n) is 18.3. The van der Waals surface area contributed by atoms with Gasteiger partial charge in [-0.1, -0.05) is 25.1 Å². The number of aliphatic hydroxyl groups is 1. The number of ketones is 1. The molecule has 0 radical (unpaired) electrons. The molecule has 7 heteroatoms. The highest BCUT2D eigenvalue weighted by molar-refractivity contribution is 6.51. The third kappa shape index (κ3) is 4.22. The first-order valence-corrected chi connectivity index (χ1v) is 10.6. The minimum absolute atomic E-state index is 0.0844. The number of hydrogen-bond acceptors (Lipinski definition) is 5. The fourth-order valence-electron chi connectivity index (χ4n) is 3.85. The van der Waals surface area contributed by atoms with Gasteiger partial charge in [0.15, 0.2) is 0 Å². The van der Waals surface area contributed by atoms with Gasteiger partial charge >= 0.3 is 5.91 Å². The van der Waals surface area contributed by atoms with Gasteiger partial charge in [0, 0.05) is 11.8 Å². The summed E-state index contributed by atoms with van der Waals surface area (Å²) in [5.41, 5.74) is 1.55. The minimum Gasteiger partial charge on any atom is -0.507 e. The monoisotopic (exact) mass is 446 g/mol. The summed E-state index contributed by atoms with van der Waals surface area (Å²) in [6.07, 6.45) is 2.37. The second-order valence-electron chi connectivity index (χ2n) is 7.74. The summed E-state index contributed by atoms with van der Waals surface area (Å²) in [5.74, 6) is -1.48. The van der Waals surface area contributed by atoms with E-state index in [9.17, 15) is 19.1 Å². The number of carbonyl (C=O) groups excluding carboxylic acids is 2. The zero-order chi connectivity index (χ0) is 23.5. The second-order valence-corrected chi connectivity index (χ2v) is 7.74. The third-order valence-electron chi connectivity index (χ3n) is 5.44. The Morgan fingerprint density at radius 1 is 1.12 bits per heavy atom. The van der Waals surface area contributed by atoms with E-state index in [1.165, 1.54) is 35.4 Å². The van der Waals surface area contributed by atoms with Gasteiger partial charge < -0.3 is 9.84 Å². The van der Waals surface area contributed by atoms with Crippen molar-refractivity contribution in [2.24, 2.45) is 0 Å². The van der Waals surface area contributed by atoms with Crippen molar-refractivity contribution in [1.29, 1.82) is 0 Å². The molecule has 1 aliphatic heterocycles. The number of pyridine rings is 1. The molecular formula is C26H23FN2O4. The van der Waals surface area contributed by atoms with Crippen LogP contribution in [0.25, 0.3) is 5.76 Å². The van der Waals surface area contributed by atoms with Crippen LogP contribution in [0.3, 0.4) is 0 Å². The maximum absolute atomic E-state index is 13.6. The van der Waals surface area contributed by atoms with Gasteiger partial charge in [0.25, 0.3) is 5.78 Å². The van der Waals surface area contributed by atoms with Gasteiger partial charge in [-0.25, -0.2) is 9.37 Å². The highest BCUT2D eigenvalue weighted by atomic mass is 19.1. The van der Waals surface area contributed by atoms with Gasteiger partial charge in [0.2, 0.25) is 0 Å². The summed E-state index contributed by atoms with van der Waals surface area (Å²) in [4.78, 5) is 31.6. The first kappa shape index (κ1) is 22.2. The third-order valence-corrected chi connectivity index (χ3v) is 5.44. The lowest BCUT2D eigenvalue weighted by atomic mass is 9.94. The van der Waals surface area contributed by atoms with Crippen LogP contribution in [0.15, 0.2) is 72.4 Å². The van der Waals surface area contributed by atoms with E-state index in [2.05, 4.69) is 4.98 Å². The van der Waals surface area contributed by atoms with Crippen molar-refractivity contribution in [3.63, 3.8) is 0 Å². The first-order valence-electron chi connectivity index (χ1n) is 10.6. The SMILES string of the molecule is CCCOc1ccc(/C(O)=C2/C(=O)C(=O)N(c3ccccn3)C2c2ccc(F)cc2)cc1C. The number of nitrogens with zero attached hydrogens (tertiary/aromatic N) is 2. The number of benzene rings is 2. The average Bonchev–Trinajstić information content (AvgIpc) is 3.09. The molecule has 0 saturated carbocycles. The van der Waals surface area contributed by atoms with E-state index < -0.39 is 23.5 Å². The highest BCUT2D eigenvalue weighted by Gasteiger charge is 2.47. The van der Waals surface area contributed by atoms with Crippen LogP contribution >= 0.6 is 0 Å². The molecule has 6 nitrogen and oxygen atoms in total. The molecule has 1 fully saturated rings. The number of halogens is 1. The van der Waals surface area contributed by atoms with Gasteiger partial charge in [-0.2, -0.15) is 0 Å². The Kier molecular flexibility index (Phi) is 6.22. The van der Waals surface area contributed by atoms with Crippen LogP contribution in [0.2, 0.25) is 0 Å². The summed E-state index contributed by atoms with van der Waals surface area (Å²) >= 11 is 0. The number of rotatable bonds is 6. The molecule has 0 spiro atoms. The van der Waals surface area contributed by atoms with Crippen LogP contribution in [0.5, 0.6) is 5.75 Å². The Morgan fingerprint density at radius 3 is 2.52 bits per heavy atom. The van der Waals surface area contributed by atoms with Crippen molar-refractivity contribution in [2.45, 2.75) is 26.3 Å². The Morgan fingerprint density at radius 2 is 1.88 bits per heavy atom. The molecule has 2 aromatic carbocycles. The van der Waals surface area contributed by atoms with Crippen molar-refractivity contribution in [1.82, 2.24) is 4.98 Å². The van der Waals surface area contributed by atoms with Crippen molar-refractivity contribution < 1.29 is 23.8 Å². The number of hydrogen-bond donors (Lipinski definition) is 1. The number of aryl methyl sites for hydroxylation is 1. The maximum Gasteiger partial charge on any atom is 0.301 e. The molecule has 1 atom stereocenters. The molecule has 33 heavy (non-hydrogen) atoms. The largest absolute Gasteiger partial charge is 0.507 e. The van der Waals surface area contributed by atoms with Crippen LogP contribution in [-0.4, -0.2) is 28.4 Å². The number of anilines is 1. The van der Waals surface area contributed by atoms with Crippen LogP contribution in [0.4, 0.5) is 10.2 Å². The molecule has 3 aromatic rings. The van der Waals surface area contributed by atoms with Gasteiger partial charge in [0.05, 0.1) is 18.2 Å². The number of aliphatic hydroxyl groups excluding tert-OH is 1. The number of ether oxygens (including phenoxy) is 1. The quantitative estimate of drug-likeness (QED) is 0.329. The van der Waals surface area contributed by atoms with Crippen molar-refractivity contribution in [3.8, 4) is 5.75 Å². The Hall–Kier alpha value is -4.00. The van der Waals surface area contributed by atoms with Crippen LogP contribution in [-0.2, 0) is 9.59 Å². The first-order chi connectivity index (χ1) is 15.9. The molecule has 1 amide bonds. The zero-order valence-corrected chi connectivity index (χ0v) is 18.3. The fourth-order valence-corrected chi connectivity index (χ4v) is 3.85. The number of carbonyl (C=O) groups is 2. The molecule has 4 rings (SSSR count). The summed E-state index contributed by atoms with van der Waals surface area (Å²) < 4.78 is 19.3. The van der Waals surface area contributed by atoms with Crippen molar-refractivity contribution >= 4 is 23.3 Å².